The van der Waals surface area contributed by atoms with E-state index >= 15 is 0 Å². The van der Waals surface area contributed by atoms with Crippen LogP contribution in [0.3, 0.4) is 0 Å². The van der Waals surface area contributed by atoms with Crippen molar-refractivity contribution in [2.75, 3.05) is 5.73 Å². The van der Waals surface area contributed by atoms with Crippen molar-refractivity contribution in [2.24, 2.45) is 7.05 Å². The van der Waals surface area contributed by atoms with Crippen molar-refractivity contribution in [1.82, 2.24) is 4.57 Å². The zero-order valence-electron chi connectivity index (χ0n) is 10.3. The summed E-state index contributed by atoms with van der Waals surface area (Å²) in [5, 5.41) is 0. The first kappa shape index (κ1) is 14.1. The first-order valence-corrected chi connectivity index (χ1v) is 5.54. The van der Waals surface area contributed by atoms with E-state index in [1.807, 2.05) is 0 Å². The summed E-state index contributed by atoms with van der Waals surface area (Å²) in [6.45, 7) is 0. The van der Waals surface area contributed by atoms with Gasteiger partial charge in [0.25, 0.3) is 5.56 Å². The molecule has 0 aliphatic rings. The van der Waals surface area contributed by atoms with Gasteiger partial charge in [-0.3, -0.25) is 4.79 Å². The molecule has 2 N–H and O–H groups in total. The maximum absolute atomic E-state index is 13.7. The monoisotopic (exact) mass is 286 g/mol. The number of halogens is 4. The van der Waals surface area contributed by atoms with Gasteiger partial charge in [0.1, 0.15) is 11.5 Å². The van der Waals surface area contributed by atoms with E-state index < -0.39 is 23.2 Å². The maximum atomic E-state index is 13.7. The van der Waals surface area contributed by atoms with Crippen molar-refractivity contribution >= 4 is 5.69 Å². The number of hydrogen-bond acceptors (Lipinski definition) is 2. The molecular weight excluding hydrogens is 276 g/mol. The van der Waals surface area contributed by atoms with Crippen LogP contribution in [0.2, 0.25) is 0 Å². The van der Waals surface area contributed by atoms with Crippen molar-refractivity contribution in [2.45, 2.75) is 6.18 Å². The average molecular weight is 286 g/mol. The first-order chi connectivity index (χ1) is 9.21. The third-order valence-electron chi connectivity index (χ3n) is 2.88. The Labute approximate surface area is 111 Å². The van der Waals surface area contributed by atoms with E-state index in [1.165, 1.54) is 12.1 Å². The average Bonchev–Trinajstić information content (AvgIpc) is 2.34. The van der Waals surface area contributed by atoms with Crippen LogP contribution in [0.15, 0.2) is 35.1 Å². The minimum Gasteiger partial charge on any atom is -0.399 e. The van der Waals surface area contributed by atoms with Crippen molar-refractivity contribution in [1.29, 1.82) is 0 Å². The highest BCUT2D eigenvalue weighted by molar-refractivity contribution is 5.67. The molecule has 0 saturated heterocycles. The van der Waals surface area contributed by atoms with Crippen molar-refractivity contribution in [3.05, 3.63) is 52.2 Å². The lowest BCUT2D eigenvalue weighted by Crippen LogP contribution is -2.26. The van der Waals surface area contributed by atoms with Gasteiger partial charge in [-0.15, -0.1) is 0 Å². The van der Waals surface area contributed by atoms with Gasteiger partial charge < -0.3 is 10.3 Å². The quantitative estimate of drug-likeness (QED) is 0.647. The Morgan fingerprint density at radius 3 is 2.35 bits per heavy atom. The van der Waals surface area contributed by atoms with Crippen LogP contribution in [0.25, 0.3) is 11.1 Å². The summed E-state index contributed by atoms with van der Waals surface area (Å²) < 4.78 is 52.1. The number of aromatic nitrogens is 1. The minimum atomic E-state index is -4.65. The molecule has 106 valence electrons. The molecule has 0 fully saturated rings. The number of rotatable bonds is 1. The van der Waals surface area contributed by atoms with Crippen molar-refractivity contribution in [3.8, 4) is 11.1 Å². The second-order valence-electron chi connectivity index (χ2n) is 4.23. The number of pyridine rings is 1. The molecule has 0 spiro atoms. The smallest absolute Gasteiger partial charge is 0.399 e. The van der Waals surface area contributed by atoms with Crippen LogP contribution in [-0.4, -0.2) is 4.57 Å². The highest BCUT2D eigenvalue weighted by atomic mass is 19.4. The number of anilines is 1. The van der Waals surface area contributed by atoms with Gasteiger partial charge in [-0.1, -0.05) is 0 Å². The van der Waals surface area contributed by atoms with E-state index in [-0.39, 0.29) is 16.8 Å². The SMILES string of the molecule is Cn1c(C(F)(F)F)ccc(-c2cc(N)ccc2F)c1=O. The minimum absolute atomic E-state index is 0.126. The highest BCUT2D eigenvalue weighted by Crippen LogP contribution is 2.29. The molecule has 1 aromatic carbocycles. The number of nitrogen functional groups attached to an aromatic ring is 1. The van der Waals surface area contributed by atoms with Crippen LogP contribution in [0.4, 0.5) is 23.2 Å². The van der Waals surface area contributed by atoms with Crippen molar-refractivity contribution in [3.63, 3.8) is 0 Å². The summed E-state index contributed by atoms with van der Waals surface area (Å²) in [6.07, 6.45) is -4.65. The fraction of sp³-hybridized carbons (Fsp3) is 0.154. The van der Waals surface area contributed by atoms with E-state index in [4.69, 9.17) is 5.73 Å². The van der Waals surface area contributed by atoms with Gasteiger partial charge in [0.15, 0.2) is 0 Å². The van der Waals surface area contributed by atoms with Gasteiger partial charge in [-0.25, -0.2) is 4.39 Å². The summed E-state index contributed by atoms with van der Waals surface area (Å²) in [4.78, 5) is 12.0. The van der Waals surface area contributed by atoms with Crippen LogP contribution in [0.5, 0.6) is 0 Å². The molecule has 0 amide bonds. The van der Waals surface area contributed by atoms with E-state index in [1.54, 1.807) is 0 Å². The Morgan fingerprint density at radius 1 is 1.10 bits per heavy atom. The van der Waals surface area contributed by atoms with Crippen molar-refractivity contribution < 1.29 is 17.6 Å². The summed E-state index contributed by atoms with van der Waals surface area (Å²) in [5.74, 6) is -0.726. The van der Waals surface area contributed by atoms with Gasteiger partial charge in [0, 0.05) is 18.3 Å². The van der Waals surface area contributed by atoms with Gasteiger partial charge in [-0.05, 0) is 30.3 Å². The fourth-order valence-corrected chi connectivity index (χ4v) is 1.87. The second kappa shape index (κ2) is 4.66. The van der Waals surface area contributed by atoms with E-state index in [0.29, 0.717) is 4.57 Å². The van der Waals surface area contributed by atoms with Crippen LogP contribution in [-0.2, 0) is 13.2 Å². The largest absolute Gasteiger partial charge is 0.431 e. The van der Waals surface area contributed by atoms with Gasteiger partial charge in [-0.2, -0.15) is 13.2 Å². The van der Waals surface area contributed by atoms with Crippen LogP contribution < -0.4 is 11.3 Å². The Kier molecular flexibility index (Phi) is 3.29. The summed E-state index contributed by atoms with van der Waals surface area (Å²) in [7, 11) is 0.985. The summed E-state index contributed by atoms with van der Waals surface area (Å²) in [5.41, 5.74) is 3.36. The molecular formula is C13H10F4N2O. The lowest BCUT2D eigenvalue weighted by molar-refractivity contribution is -0.143. The van der Waals surface area contributed by atoms with E-state index in [9.17, 15) is 22.4 Å². The van der Waals surface area contributed by atoms with Gasteiger partial charge in [0.05, 0.1) is 5.56 Å². The molecule has 20 heavy (non-hydrogen) atoms. The third-order valence-corrected chi connectivity index (χ3v) is 2.88. The lowest BCUT2D eigenvalue weighted by atomic mass is 10.1. The number of nitrogens with two attached hydrogens (primary N) is 1. The van der Waals surface area contributed by atoms with Gasteiger partial charge >= 0.3 is 6.18 Å². The Morgan fingerprint density at radius 2 is 1.75 bits per heavy atom. The number of nitrogens with zero attached hydrogens (tertiary/aromatic N) is 1. The molecule has 0 radical (unpaired) electrons. The predicted molar refractivity (Wildman–Crippen MR) is 66.5 cm³/mol. The molecule has 0 bridgehead atoms. The topological polar surface area (TPSA) is 48.0 Å². The van der Waals surface area contributed by atoms with E-state index in [0.717, 1.165) is 25.2 Å². The van der Waals surface area contributed by atoms with E-state index in [2.05, 4.69) is 0 Å². The molecule has 0 aliphatic carbocycles. The standard InChI is InChI=1S/C13H10F4N2O/c1-19-11(13(15,16)17)5-3-8(12(19)20)9-6-7(18)2-4-10(9)14/h2-6H,18H2,1H3. The molecule has 7 heteroatoms. The Balaban J connectivity index is 2.70. The number of benzene rings is 1. The molecule has 0 unspecified atom stereocenters. The highest BCUT2D eigenvalue weighted by Gasteiger charge is 2.34. The first-order valence-electron chi connectivity index (χ1n) is 5.54. The zero-order valence-corrected chi connectivity index (χ0v) is 10.3. The summed E-state index contributed by atoms with van der Waals surface area (Å²) >= 11 is 0. The predicted octanol–water partition coefficient (Wildman–Crippen LogP) is 2.79. The third kappa shape index (κ3) is 2.38. The Bertz CT molecular complexity index is 719. The zero-order chi connectivity index (χ0) is 15.1. The molecule has 2 aromatic rings. The molecule has 0 saturated carbocycles. The molecule has 1 heterocycles. The maximum Gasteiger partial charge on any atom is 0.431 e. The summed E-state index contributed by atoms with van der Waals surface area (Å²) in [6, 6.07) is 5.25. The second-order valence-corrected chi connectivity index (χ2v) is 4.23. The Hall–Kier alpha value is -2.31. The van der Waals surface area contributed by atoms with Crippen LogP contribution in [0.1, 0.15) is 5.69 Å². The molecule has 0 atom stereocenters. The molecule has 2 rings (SSSR count). The van der Waals surface area contributed by atoms with Crippen LogP contribution >= 0.6 is 0 Å². The number of hydrogen-bond donors (Lipinski definition) is 1. The molecule has 1 aromatic heterocycles. The molecule has 3 nitrogen and oxygen atoms in total. The number of alkyl halides is 3. The van der Waals surface area contributed by atoms with Crippen LogP contribution in [0, 0.1) is 5.82 Å². The normalized spacial score (nSPS) is 11.7. The van der Waals surface area contributed by atoms with Gasteiger partial charge in [0.2, 0.25) is 0 Å². The lowest BCUT2D eigenvalue weighted by Gasteiger charge is -2.13. The molecule has 0 aliphatic heterocycles. The fourth-order valence-electron chi connectivity index (χ4n) is 1.87.